The summed E-state index contributed by atoms with van der Waals surface area (Å²) in [4.78, 5) is 19.0. The first-order chi connectivity index (χ1) is 12.8. The predicted molar refractivity (Wildman–Crippen MR) is 97.4 cm³/mol. The Morgan fingerprint density at radius 1 is 1.23 bits per heavy atom. The minimum absolute atomic E-state index is 0.0956. The first-order valence-electron chi connectivity index (χ1n) is 9.62. The Kier molecular flexibility index (Phi) is 5.24. The SMILES string of the molecule is O=C(NC1CCCC1)c1cn(C[C@@H]2CCCN2Cc2cccnc2)nn1. The van der Waals surface area contributed by atoms with Crippen LogP contribution in [0.25, 0.3) is 0 Å². The van der Waals surface area contributed by atoms with Crippen LogP contribution in [0.2, 0.25) is 0 Å². The summed E-state index contributed by atoms with van der Waals surface area (Å²) in [7, 11) is 0. The van der Waals surface area contributed by atoms with E-state index in [4.69, 9.17) is 0 Å². The van der Waals surface area contributed by atoms with Crippen molar-refractivity contribution in [3.63, 3.8) is 0 Å². The van der Waals surface area contributed by atoms with Gasteiger partial charge in [-0.15, -0.1) is 5.10 Å². The molecule has 2 aliphatic rings. The molecule has 2 aromatic rings. The van der Waals surface area contributed by atoms with Crippen molar-refractivity contribution in [2.75, 3.05) is 6.54 Å². The van der Waals surface area contributed by atoms with Crippen molar-refractivity contribution < 1.29 is 4.79 Å². The second kappa shape index (κ2) is 7.95. The summed E-state index contributed by atoms with van der Waals surface area (Å²) in [5.41, 5.74) is 1.66. The third kappa shape index (κ3) is 4.09. The molecule has 1 aliphatic carbocycles. The largest absolute Gasteiger partial charge is 0.348 e. The average Bonchev–Trinajstić information content (AvgIpc) is 3.40. The fourth-order valence-electron chi connectivity index (χ4n) is 4.07. The van der Waals surface area contributed by atoms with E-state index < -0.39 is 0 Å². The highest BCUT2D eigenvalue weighted by Crippen LogP contribution is 2.21. The van der Waals surface area contributed by atoms with Crippen LogP contribution in [0.15, 0.2) is 30.7 Å². The van der Waals surface area contributed by atoms with E-state index in [0.29, 0.717) is 17.8 Å². The Hall–Kier alpha value is -2.28. The van der Waals surface area contributed by atoms with Gasteiger partial charge in [-0.1, -0.05) is 24.1 Å². The first kappa shape index (κ1) is 17.1. The molecule has 7 nitrogen and oxygen atoms in total. The highest BCUT2D eigenvalue weighted by molar-refractivity contribution is 5.92. The molecule has 1 N–H and O–H groups in total. The Labute approximate surface area is 153 Å². The number of carbonyl (C=O) groups is 1. The van der Waals surface area contributed by atoms with Crippen molar-refractivity contribution >= 4 is 5.91 Å². The Balaban J connectivity index is 1.34. The lowest BCUT2D eigenvalue weighted by Crippen LogP contribution is -2.33. The van der Waals surface area contributed by atoms with Crippen LogP contribution >= 0.6 is 0 Å². The smallest absolute Gasteiger partial charge is 0.273 e. The van der Waals surface area contributed by atoms with Crippen molar-refractivity contribution in [2.24, 2.45) is 0 Å². The maximum absolute atomic E-state index is 12.3. The number of amides is 1. The maximum atomic E-state index is 12.3. The molecule has 0 bridgehead atoms. The minimum atomic E-state index is -0.0956. The van der Waals surface area contributed by atoms with Gasteiger partial charge >= 0.3 is 0 Å². The first-order valence-corrected chi connectivity index (χ1v) is 9.62. The molecular formula is C19H26N6O. The van der Waals surface area contributed by atoms with Gasteiger partial charge in [0.1, 0.15) is 0 Å². The van der Waals surface area contributed by atoms with Gasteiger partial charge in [-0.2, -0.15) is 0 Å². The number of likely N-dealkylation sites (tertiary alicyclic amines) is 1. The van der Waals surface area contributed by atoms with Gasteiger partial charge < -0.3 is 5.32 Å². The molecule has 2 aromatic heterocycles. The van der Waals surface area contributed by atoms with E-state index >= 15 is 0 Å². The number of aromatic nitrogens is 4. The molecule has 138 valence electrons. The van der Waals surface area contributed by atoms with E-state index in [2.05, 4.69) is 31.6 Å². The molecule has 1 aliphatic heterocycles. The zero-order chi connectivity index (χ0) is 17.8. The lowest BCUT2D eigenvalue weighted by atomic mass is 10.2. The summed E-state index contributed by atoms with van der Waals surface area (Å²) >= 11 is 0. The van der Waals surface area contributed by atoms with Gasteiger partial charge in [0.05, 0.1) is 12.7 Å². The molecule has 3 heterocycles. The lowest BCUT2D eigenvalue weighted by Gasteiger charge is -2.24. The summed E-state index contributed by atoms with van der Waals surface area (Å²) in [6.07, 6.45) is 12.4. The third-order valence-electron chi connectivity index (χ3n) is 5.47. The summed E-state index contributed by atoms with van der Waals surface area (Å²) in [5.74, 6) is -0.0956. The fraction of sp³-hybridized carbons (Fsp3) is 0.579. The number of pyridine rings is 1. The molecule has 1 saturated heterocycles. The van der Waals surface area contributed by atoms with Crippen molar-refractivity contribution in [1.29, 1.82) is 0 Å². The molecule has 7 heteroatoms. The zero-order valence-corrected chi connectivity index (χ0v) is 15.0. The monoisotopic (exact) mass is 354 g/mol. The molecule has 2 fully saturated rings. The molecule has 1 amide bonds. The normalized spacial score (nSPS) is 21.3. The molecule has 0 spiro atoms. The van der Waals surface area contributed by atoms with E-state index in [1.807, 2.05) is 16.9 Å². The number of carbonyl (C=O) groups excluding carboxylic acids is 1. The molecule has 0 radical (unpaired) electrons. The molecule has 0 unspecified atom stereocenters. The summed E-state index contributed by atoms with van der Waals surface area (Å²) in [6.45, 7) is 2.76. The summed E-state index contributed by atoms with van der Waals surface area (Å²) in [5, 5.41) is 11.3. The lowest BCUT2D eigenvalue weighted by molar-refractivity contribution is 0.0932. The van der Waals surface area contributed by atoms with E-state index in [1.54, 1.807) is 12.4 Å². The van der Waals surface area contributed by atoms with E-state index in [9.17, 15) is 4.79 Å². The zero-order valence-electron chi connectivity index (χ0n) is 15.0. The van der Waals surface area contributed by atoms with Gasteiger partial charge in [-0.25, -0.2) is 0 Å². The van der Waals surface area contributed by atoms with Gasteiger partial charge in [0, 0.05) is 31.0 Å². The van der Waals surface area contributed by atoms with Gasteiger partial charge in [0.2, 0.25) is 0 Å². The molecule has 4 rings (SSSR count). The number of rotatable bonds is 6. The molecular weight excluding hydrogens is 328 g/mol. The second-order valence-corrected chi connectivity index (χ2v) is 7.41. The Bertz CT molecular complexity index is 725. The van der Waals surface area contributed by atoms with Gasteiger partial charge in [0.15, 0.2) is 5.69 Å². The standard InChI is InChI=1S/C19H26N6O/c26-19(21-16-6-1-2-7-16)18-14-25(23-22-18)13-17-8-4-10-24(17)12-15-5-3-9-20-11-15/h3,5,9,11,14,16-17H,1-2,4,6-8,10,12-13H2,(H,21,26)/t17-/m0/s1. The van der Waals surface area contributed by atoms with Crippen molar-refractivity contribution in [3.8, 4) is 0 Å². The molecule has 0 aromatic carbocycles. The van der Waals surface area contributed by atoms with Crippen molar-refractivity contribution in [2.45, 2.75) is 63.7 Å². The molecule has 1 saturated carbocycles. The quantitative estimate of drug-likeness (QED) is 0.859. The van der Waals surface area contributed by atoms with E-state index in [-0.39, 0.29) is 5.91 Å². The molecule has 1 atom stereocenters. The second-order valence-electron chi connectivity index (χ2n) is 7.41. The maximum Gasteiger partial charge on any atom is 0.273 e. The van der Waals surface area contributed by atoms with Crippen LogP contribution in [-0.2, 0) is 13.1 Å². The Morgan fingerprint density at radius 2 is 2.12 bits per heavy atom. The van der Waals surface area contributed by atoms with E-state index in [0.717, 1.165) is 38.9 Å². The van der Waals surface area contributed by atoms with Crippen LogP contribution in [0.3, 0.4) is 0 Å². The van der Waals surface area contributed by atoms with E-state index in [1.165, 1.54) is 24.8 Å². The van der Waals surface area contributed by atoms with Crippen LogP contribution in [0, 0.1) is 0 Å². The van der Waals surface area contributed by atoms with Crippen LogP contribution in [0.4, 0.5) is 0 Å². The number of hydrogen-bond acceptors (Lipinski definition) is 5. The Morgan fingerprint density at radius 3 is 2.92 bits per heavy atom. The number of nitrogens with one attached hydrogen (secondary N) is 1. The summed E-state index contributed by atoms with van der Waals surface area (Å²) < 4.78 is 1.82. The minimum Gasteiger partial charge on any atom is -0.348 e. The van der Waals surface area contributed by atoms with Gasteiger partial charge in [-0.05, 0) is 43.9 Å². The third-order valence-corrected chi connectivity index (χ3v) is 5.47. The average molecular weight is 354 g/mol. The predicted octanol–water partition coefficient (Wildman–Crippen LogP) is 2.01. The van der Waals surface area contributed by atoms with Gasteiger partial charge in [0.25, 0.3) is 5.91 Å². The summed E-state index contributed by atoms with van der Waals surface area (Å²) in [6, 6.07) is 4.82. The highest BCUT2D eigenvalue weighted by atomic mass is 16.2. The topological polar surface area (TPSA) is 75.9 Å². The van der Waals surface area contributed by atoms with Crippen LogP contribution in [0.1, 0.15) is 54.6 Å². The number of hydrogen-bond donors (Lipinski definition) is 1. The number of nitrogens with zero attached hydrogens (tertiary/aromatic N) is 5. The van der Waals surface area contributed by atoms with Gasteiger partial charge in [-0.3, -0.25) is 19.4 Å². The van der Waals surface area contributed by atoms with Crippen LogP contribution in [0.5, 0.6) is 0 Å². The molecule has 26 heavy (non-hydrogen) atoms. The fourth-order valence-corrected chi connectivity index (χ4v) is 4.07. The van der Waals surface area contributed by atoms with Crippen LogP contribution in [-0.4, -0.2) is 49.4 Å². The highest BCUT2D eigenvalue weighted by Gasteiger charge is 2.26. The van der Waals surface area contributed by atoms with Crippen molar-refractivity contribution in [1.82, 2.24) is 30.2 Å². The van der Waals surface area contributed by atoms with Crippen LogP contribution < -0.4 is 5.32 Å². The van der Waals surface area contributed by atoms with Crippen molar-refractivity contribution in [3.05, 3.63) is 42.0 Å².